The van der Waals surface area contributed by atoms with E-state index in [0.717, 1.165) is 29.8 Å². The average molecular weight is 285 g/mol. The third-order valence-electron chi connectivity index (χ3n) is 4.64. The lowest BCUT2D eigenvalue weighted by molar-refractivity contribution is -0.119. The standard InChI is InChI=1S/C17H23N3O/c1-20-14-11-7-6-10-13(14)15(19-16(18)17(20)21)12-8-4-2-3-5-9-12/h6-7,10-12,16H,2-5,8-9,18H2,1H3. The first-order valence-electron chi connectivity index (χ1n) is 7.88. The Morgan fingerprint density at radius 3 is 2.52 bits per heavy atom. The second-order valence-corrected chi connectivity index (χ2v) is 6.06. The number of carbonyl (C=O) groups is 1. The minimum absolute atomic E-state index is 0.133. The molecule has 2 N–H and O–H groups in total. The van der Waals surface area contributed by atoms with Crippen LogP contribution in [-0.4, -0.2) is 24.8 Å². The summed E-state index contributed by atoms with van der Waals surface area (Å²) >= 11 is 0. The minimum atomic E-state index is -0.777. The highest BCUT2D eigenvalue weighted by Gasteiger charge is 2.30. The molecule has 3 rings (SSSR count). The van der Waals surface area contributed by atoms with Crippen LogP contribution in [0.2, 0.25) is 0 Å². The zero-order chi connectivity index (χ0) is 14.8. The highest BCUT2D eigenvalue weighted by atomic mass is 16.2. The lowest BCUT2D eigenvalue weighted by Gasteiger charge is -2.21. The van der Waals surface area contributed by atoms with Gasteiger partial charge in [0, 0.05) is 24.2 Å². The number of benzodiazepines with no additional fused rings is 1. The van der Waals surface area contributed by atoms with Crippen LogP contribution in [0.3, 0.4) is 0 Å². The zero-order valence-corrected chi connectivity index (χ0v) is 12.6. The summed E-state index contributed by atoms with van der Waals surface area (Å²) in [7, 11) is 1.78. The van der Waals surface area contributed by atoms with Crippen molar-refractivity contribution in [3.05, 3.63) is 29.8 Å². The van der Waals surface area contributed by atoms with Crippen molar-refractivity contribution in [3.63, 3.8) is 0 Å². The van der Waals surface area contributed by atoms with Crippen LogP contribution in [0.5, 0.6) is 0 Å². The maximum absolute atomic E-state index is 12.3. The summed E-state index contributed by atoms with van der Waals surface area (Å²) in [6.07, 6.45) is 6.61. The number of carbonyl (C=O) groups excluding carboxylic acids is 1. The number of fused-ring (bicyclic) bond motifs is 1. The number of anilines is 1. The molecule has 1 saturated carbocycles. The van der Waals surface area contributed by atoms with Crippen molar-refractivity contribution in [2.75, 3.05) is 11.9 Å². The van der Waals surface area contributed by atoms with Crippen LogP contribution in [0.4, 0.5) is 5.69 Å². The molecule has 1 aromatic rings. The van der Waals surface area contributed by atoms with Gasteiger partial charge >= 0.3 is 0 Å². The van der Waals surface area contributed by atoms with Gasteiger partial charge in [0.1, 0.15) is 0 Å². The largest absolute Gasteiger partial charge is 0.312 e. The third-order valence-corrected chi connectivity index (χ3v) is 4.64. The molecule has 0 spiro atoms. The van der Waals surface area contributed by atoms with Gasteiger partial charge in [0.05, 0.1) is 5.69 Å². The Balaban J connectivity index is 2.06. The fourth-order valence-electron chi connectivity index (χ4n) is 3.45. The molecule has 1 atom stereocenters. The van der Waals surface area contributed by atoms with E-state index in [0.29, 0.717) is 5.92 Å². The molecule has 1 aliphatic heterocycles. The van der Waals surface area contributed by atoms with Crippen LogP contribution < -0.4 is 10.6 Å². The molecule has 1 amide bonds. The first-order valence-corrected chi connectivity index (χ1v) is 7.88. The Bertz CT molecular complexity index is 559. The molecule has 0 bridgehead atoms. The Hall–Kier alpha value is -1.68. The molecule has 0 saturated heterocycles. The highest BCUT2D eigenvalue weighted by Crippen LogP contribution is 2.32. The average Bonchev–Trinajstić information content (AvgIpc) is 2.83. The molecule has 1 heterocycles. The van der Waals surface area contributed by atoms with Gasteiger partial charge < -0.3 is 10.6 Å². The van der Waals surface area contributed by atoms with Gasteiger partial charge in [0.15, 0.2) is 6.17 Å². The van der Waals surface area contributed by atoms with E-state index >= 15 is 0 Å². The number of amides is 1. The molecular weight excluding hydrogens is 262 g/mol. The molecule has 2 aliphatic rings. The molecule has 0 aromatic heterocycles. The predicted octanol–water partition coefficient (Wildman–Crippen LogP) is 2.71. The number of hydrogen-bond acceptors (Lipinski definition) is 3. The maximum atomic E-state index is 12.3. The first kappa shape index (κ1) is 14.3. The van der Waals surface area contributed by atoms with Crippen molar-refractivity contribution >= 4 is 17.3 Å². The second-order valence-electron chi connectivity index (χ2n) is 6.06. The molecular formula is C17H23N3O. The molecule has 4 heteroatoms. The van der Waals surface area contributed by atoms with Crippen LogP contribution in [0.25, 0.3) is 0 Å². The minimum Gasteiger partial charge on any atom is -0.312 e. The molecule has 1 aliphatic carbocycles. The number of benzene rings is 1. The van der Waals surface area contributed by atoms with E-state index in [1.165, 1.54) is 25.7 Å². The summed E-state index contributed by atoms with van der Waals surface area (Å²) in [5, 5.41) is 0. The van der Waals surface area contributed by atoms with E-state index in [1.807, 2.05) is 18.2 Å². The van der Waals surface area contributed by atoms with Crippen LogP contribution in [-0.2, 0) is 4.79 Å². The smallest absolute Gasteiger partial charge is 0.266 e. The van der Waals surface area contributed by atoms with Crippen LogP contribution >= 0.6 is 0 Å². The van der Waals surface area contributed by atoms with Gasteiger partial charge in [-0.05, 0) is 18.9 Å². The molecule has 21 heavy (non-hydrogen) atoms. The van der Waals surface area contributed by atoms with Gasteiger partial charge in [0.25, 0.3) is 5.91 Å². The number of para-hydroxylation sites is 1. The summed E-state index contributed by atoms with van der Waals surface area (Å²) in [4.78, 5) is 18.6. The number of nitrogens with two attached hydrogens (primary N) is 1. The molecule has 112 valence electrons. The maximum Gasteiger partial charge on any atom is 0.266 e. The van der Waals surface area contributed by atoms with Crippen LogP contribution in [0, 0.1) is 5.92 Å². The molecule has 4 nitrogen and oxygen atoms in total. The van der Waals surface area contributed by atoms with Gasteiger partial charge in [-0.2, -0.15) is 0 Å². The third kappa shape index (κ3) is 2.72. The molecule has 1 fully saturated rings. The number of aliphatic imine (C=N–C) groups is 1. The van der Waals surface area contributed by atoms with Gasteiger partial charge in [-0.15, -0.1) is 0 Å². The van der Waals surface area contributed by atoms with Crippen molar-refractivity contribution in [3.8, 4) is 0 Å². The Kier molecular flexibility index (Phi) is 4.06. The number of rotatable bonds is 1. The summed E-state index contributed by atoms with van der Waals surface area (Å²) in [6, 6.07) is 8.03. The van der Waals surface area contributed by atoms with E-state index in [-0.39, 0.29) is 5.91 Å². The lowest BCUT2D eigenvalue weighted by Crippen LogP contribution is -2.39. The summed E-state index contributed by atoms with van der Waals surface area (Å²) in [5.41, 5.74) is 9.05. The van der Waals surface area contributed by atoms with E-state index in [4.69, 9.17) is 5.73 Å². The SMILES string of the molecule is CN1C(=O)C(N)N=C(C2CCCCCC2)c2ccccc21. The van der Waals surface area contributed by atoms with E-state index in [1.54, 1.807) is 11.9 Å². The van der Waals surface area contributed by atoms with Crippen LogP contribution in [0.15, 0.2) is 29.3 Å². The van der Waals surface area contributed by atoms with E-state index in [2.05, 4.69) is 11.1 Å². The summed E-state index contributed by atoms with van der Waals surface area (Å²) in [6.45, 7) is 0. The van der Waals surface area contributed by atoms with Crippen molar-refractivity contribution in [1.82, 2.24) is 0 Å². The lowest BCUT2D eigenvalue weighted by atomic mass is 9.89. The Labute approximate surface area is 126 Å². The second kappa shape index (κ2) is 5.98. The van der Waals surface area contributed by atoms with Crippen LogP contribution in [0.1, 0.15) is 44.1 Å². The zero-order valence-electron chi connectivity index (χ0n) is 12.6. The number of likely N-dealkylation sites (N-methyl/N-ethyl adjacent to an activating group) is 1. The molecule has 0 radical (unpaired) electrons. The number of hydrogen-bond donors (Lipinski definition) is 1. The summed E-state index contributed by atoms with van der Waals surface area (Å²) in [5.74, 6) is 0.296. The number of nitrogens with zero attached hydrogens (tertiary/aromatic N) is 2. The fraction of sp³-hybridized carbons (Fsp3) is 0.529. The fourth-order valence-corrected chi connectivity index (χ4v) is 3.45. The van der Waals surface area contributed by atoms with Gasteiger partial charge in [0.2, 0.25) is 0 Å². The van der Waals surface area contributed by atoms with E-state index in [9.17, 15) is 4.79 Å². The predicted molar refractivity (Wildman–Crippen MR) is 85.6 cm³/mol. The van der Waals surface area contributed by atoms with Crippen molar-refractivity contribution in [2.24, 2.45) is 16.6 Å². The topological polar surface area (TPSA) is 58.7 Å². The first-order chi connectivity index (χ1) is 10.2. The Morgan fingerprint density at radius 1 is 1.14 bits per heavy atom. The molecule has 1 unspecified atom stereocenters. The monoisotopic (exact) mass is 285 g/mol. The Morgan fingerprint density at radius 2 is 1.81 bits per heavy atom. The van der Waals surface area contributed by atoms with Crippen molar-refractivity contribution < 1.29 is 4.79 Å². The van der Waals surface area contributed by atoms with E-state index < -0.39 is 6.17 Å². The highest BCUT2D eigenvalue weighted by molar-refractivity contribution is 6.13. The quantitative estimate of drug-likeness (QED) is 0.807. The molecule has 1 aromatic carbocycles. The van der Waals surface area contributed by atoms with Gasteiger partial charge in [-0.3, -0.25) is 9.79 Å². The van der Waals surface area contributed by atoms with Gasteiger partial charge in [-0.1, -0.05) is 43.9 Å². The summed E-state index contributed by atoms with van der Waals surface area (Å²) < 4.78 is 0. The normalized spacial score (nSPS) is 24.1. The van der Waals surface area contributed by atoms with Gasteiger partial charge in [-0.25, -0.2) is 0 Å². The van der Waals surface area contributed by atoms with Crippen molar-refractivity contribution in [1.29, 1.82) is 0 Å². The van der Waals surface area contributed by atoms with Crippen molar-refractivity contribution in [2.45, 2.75) is 44.7 Å².